The maximum Gasteiger partial charge on any atom is 0.306 e. The summed E-state index contributed by atoms with van der Waals surface area (Å²) in [5, 5.41) is 2.34. The molecule has 2 unspecified atom stereocenters. The van der Waals surface area contributed by atoms with Crippen molar-refractivity contribution in [2.75, 3.05) is 46.2 Å². The molecular weight excluding hydrogens is 913 g/mol. The molecule has 5 aromatic rings. The fourth-order valence-corrected chi connectivity index (χ4v) is 11.3. The number of unbranched alkanes of at least 4 members (excludes halogenated alkanes) is 8. The topological polar surface area (TPSA) is 98.8 Å². The van der Waals surface area contributed by atoms with Crippen LogP contribution in [-0.4, -0.2) is 64.3 Å². The highest BCUT2D eigenvalue weighted by molar-refractivity contribution is 6.08. The zero-order chi connectivity index (χ0) is 50.7. The molecule has 0 saturated heterocycles. The summed E-state index contributed by atoms with van der Waals surface area (Å²) in [7, 11) is 0. The number of carbonyl (C=O) groups excluding carboxylic acids is 2. The van der Waals surface area contributed by atoms with Gasteiger partial charge in [-0.05, 0) is 90.6 Å². The van der Waals surface area contributed by atoms with E-state index in [0.717, 1.165) is 60.1 Å². The van der Waals surface area contributed by atoms with Crippen LogP contribution in [0.3, 0.4) is 0 Å². The van der Waals surface area contributed by atoms with Gasteiger partial charge in [-0.1, -0.05) is 176 Å². The molecule has 0 radical (unpaired) electrons. The zero-order valence-corrected chi connectivity index (χ0v) is 44.0. The summed E-state index contributed by atoms with van der Waals surface area (Å²) in [6.07, 6.45) is 25.1. The summed E-state index contributed by atoms with van der Waals surface area (Å²) in [4.78, 5) is 24.8. The number of rotatable bonds is 28. The highest BCUT2D eigenvalue weighted by Crippen LogP contribution is 2.61. The van der Waals surface area contributed by atoms with Crippen LogP contribution in [0.15, 0.2) is 103 Å². The lowest BCUT2D eigenvalue weighted by Gasteiger charge is -2.40. The van der Waals surface area contributed by atoms with E-state index >= 15 is 0 Å². The van der Waals surface area contributed by atoms with E-state index in [-0.39, 0.29) is 50.8 Å². The number of ether oxygens (including phenoxy) is 7. The Balaban J connectivity index is 0.967. The van der Waals surface area contributed by atoms with Crippen molar-refractivity contribution in [2.45, 2.75) is 160 Å². The Morgan fingerprint density at radius 2 is 1.16 bits per heavy atom. The fourth-order valence-electron chi connectivity index (χ4n) is 11.3. The number of hydrogen-bond acceptors (Lipinski definition) is 9. The van der Waals surface area contributed by atoms with Crippen LogP contribution in [0.4, 0.5) is 0 Å². The quantitative estimate of drug-likeness (QED) is 0.0358. The first-order valence-electron chi connectivity index (χ1n) is 27.9. The Morgan fingerprint density at radius 1 is 0.589 bits per heavy atom. The first kappa shape index (κ1) is 53.6. The second-order valence-electron chi connectivity index (χ2n) is 20.4. The van der Waals surface area contributed by atoms with Crippen molar-refractivity contribution in [3.8, 4) is 28.4 Å². The van der Waals surface area contributed by atoms with Crippen LogP contribution in [0.5, 0.6) is 17.2 Å². The zero-order valence-electron chi connectivity index (χ0n) is 44.0. The Hall–Kier alpha value is -5.64. The van der Waals surface area contributed by atoms with Crippen molar-refractivity contribution >= 4 is 28.8 Å². The van der Waals surface area contributed by atoms with Gasteiger partial charge in [0.05, 0.1) is 38.8 Å². The highest BCUT2D eigenvalue weighted by Gasteiger charge is 2.48. The number of esters is 2. The Kier molecular flexibility index (Phi) is 19.9. The molecule has 0 amide bonds. The van der Waals surface area contributed by atoms with E-state index in [4.69, 9.17) is 33.2 Å². The summed E-state index contributed by atoms with van der Waals surface area (Å²) in [6.45, 7) is 8.80. The monoisotopic (exact) mass is 993 g/mol. The maximum atomic E-state index is 12.5. The van der Waals surface area contributed by atoms with Gasteiger partial charge in [-0.15, -0.1) is 0 Å². The summed E-state index contributed by atoms with van der Waals surface area (Å²) in [5.74, 6) is 1.45. The minimum absolute atomic E-state index is 0.0461. The minimum Gasteiger partial charge on any atom is -0.494 e. The smallest absolute Gasteiger partial charge is 0.306 e. The van der Waals surface area contributed by atoms with E-state index in [2.05, 4.69) is 111 Å². The average Bonchev–Trinajstić information content (AvgIpc) is 3.70. The van der Waals surface area contributed by atoms with Crippen LogP contribution < -0.4 is 14.2 Å². The van der Waals surface area contributed by atoms with Gasteiger partial charge >= 0.3 is 11.9 Å². The van der Waals surface area contributed by atoms with Crippen molar-refractivity contribution in [2.24, 2.45) is 0 Å². The van der Waals surface area contributed by atoms with Crippen molar-refractivity contribution in [1.29, 1.82) is 0 Å². The van der Waals surface area contributed by atoms with E-state index in [1.165, 1.54) is 110 Å². The Bertz CT molecular complexity index is 2560. The van der Waals surface area contributed by atoms with Gasteiger partial charge in [-0.3, -0.25) is 9.59 Å². The molecule has 1 saturated carbocycles. The fraction of sp³-hybridized carbons (Fsp3) is 0.500. The molecule has 9 nitrogen and oxygen atoms in total. The lowest BCUT2D eigenvalue weighted by molar-refractivity contribution is -0.152. The molecule has 1 aliphatic heterocycles. The van der Waals surface area contributed by atoms with Crippen LogP contribution in [0.25, 0.3) is 28.0 Å². The number of benzene rings is 5. The van der Waals surface area contributed by atoms with Gasteiger partial charge in [0.25, 0.3) is 0 Å². The predicted octanol–water partition coefficient (Wildman–Crippen LogP) is 15.2. The second kappa shape index (κ2) is 27.1. The second-order valence-corrected chi connectivity index (χ2v) is 20.4. The largest absolute Gasteiger partial charge is 0.494 e. The van der Waals surface area contributed by atoms with E-state index in [1.54, 1.807) is 0 Å². The molecule has 2 atom stereocenters. The average molecular weight is 993 g/mol. The molecule has 1 spiro atoms. The van der Waals surface area contributed by atoms with Gasteiger partial charge in [-0.25, -0.2) is 0 Å². The van der Waals surface area contributed by atoms with Gasteiger partial charge in [0, 0.05) is 34.1 Å². The molecule has 1 heterocycles. The summed E-state index contributed by atoms with van der Waals surface area (Å²) < 4.78 is 42.0. The summed E-state index contributed by atoms with van der Waals surface area (Å²) in [6, 6.07) is 34.5. The van der Waals surface area contributed by atoms with E-state index in [1.807, 2.05) is 19.1 Å². The summed E-state index contributed by atoms with van der Waals surface area (Å²) in [5.41, 5.74) is 7.72. The lowest BCUT2D eigenvalue weighted by atomic mass is 9.67. The van der Waals surface area contributed by atoms with Crippen molar-refractivity contribution in [3.63, 3.8) is 0 Å². The van der Waals surface area contributed by atoms with Crippen molar-refractivity contribution in [3.05, 3.63) is 131 Å². The third kappa shape index (κ3) is 13.4. The van der Waals surface area contributed by atoms with Crippen LogP contribution in [0, 0.1) is 0 Å². The Morgan fingerprint density at radius 3 is 1.84 bits per heavy atom. The molecule has 0 aromatic heterocycles. The van der Waals surface area contributed by atoms with Crippen molar-refractivity contribution in [1.82, 2.24) is 0 Å². The van der Waals surface area contributed by atoms with Gasteiger partial charge in [0.15, 0.2) is 5.60 Å². The third-order valence-electron chi connectivity index (χ3n) is 15.1. The standard InChI is InChI=1S/C64H80O9/c1-4-6-8-9-10-11-15-22-42-69-51-31-27-49(28-32-51)64(50-29-33-52(34-30-50)70-44-46-72-59(66)36-35-58(65)71-45-43-68-48(3)47-67-41-7-5-2)40-37-56-61-60(53-23-16-17-24-54(53)62(56)73-64)55-25-18-19-26-57(55)63(61)38-20-13-12-14-21-39-63/h16-19,23-34,37,40,48H,4-15,20-22,35-36,38-39,41-47H2,1-3H3. The van der Waals surface area contributed by atoms with Crippen molar-refractivity contribution < 1.29 is 42.7 Å². The molecule has 5 aromatic carbocycles. The number of carbonyl (C=O) groups is 2. The SMILES string of the molecule is CCCCCCCCCCOc1ccc(C2(c3ccc(OCCOC(=O)CCC(=O)OCCOC(C)COCCCC)cc3)C=Cc3c4c(c5ccccc5c3O2)-c2ccccc2C42CCCCCCC2)cc1. The Labute approximate surface area is 435 Å². The molecule has 0 bridgehead atoms. The van der Waals surface area contributed by atoms with Gasteiger partial charge < -0.3 is 33.2 Å². The molecule has 3 aliphatic rings. The normalized spacial score (nSPS) is 16.9. The first-order valence-corrected chi connectivity index (χ1v) is 27.9. The van der Waals surface area contributed by atoms with Crippen LogP contribution >= 0.6 is 0 Å². The van der Waals surface area contributed by atoms with Crippen LogP contribution in [-0.2, 0) is 39.6 Å². The van der Waals surface area contributed by atoms with E-state index in [9.17, 15) is 9.59 Å². The summed E-state index contributed by atoms with van der Waals surface area (Å²) >= 11 is 0. The van der Waals surface area contributed by atoms with Crippen LogP contribution in [0.1, 0.15) is 171 Å². The molecule has 390 valence electrons. The van der Waals surface area contributed by atoms with Crippen LogP contribution in [0.2, 0.25) is 0 Å². The number of fused-ring (bicyclic) bond motifs is 10. The molecule has 2 aliphatic carbocycles. The van der Waals surface area contributed by atoms with E-state index in [0.29, 0.717) is 25.6 Å². The van der Waals surface area contributed by atoms with Gasteiger partial charge in [0.2, 0.25) is 0 Å². The van der Waals surface area contributed by atoms with Gasteiger partial charge in [-0.2, -0.15) is 0 Å². The van der Waals surface area contributed by atoms with E-state index < -0.39 is 17.5 Å². The maximum absolute atomic E-state index is 12.5. The molecule has 73 heavy (non-hydrogen) atoms. The minimum atomic E-state index is -0.969. The predicted molar refractivity (Wildman–Crippen MR) is 292 cm³/mol. The van der Waals surface area contributed by atoms with Gasteiger partial charge in [0.1, 0.15) is 37.1 Å². The number of hydrogen-bond donors (Lipinski definition) is 0. The molecule has 8 rings (SSSR count). The molecule has 0 N–H and O–H groups in total. The first-order chi connectivity index (χ1) is 35.9. The molecule has 1 fully saturated rings. The molecule has 9 heteroatoms. The lowest BCUT2D eigenvalue weighted by Crippen LogP contribution is -2.35. The highest BCUT2D eigenvalue weighted by atomic mass is 16.6. The third-order valence-corrected chi connectivity index (χ3v) is 15.1. The molecular formula is C64H80O9.